The molecule has 0 aromatic heterocycles. The maximum Gasteiger partial charge on any atom is 0.332 e. The Morgan fingerprint density at radius 1 is 1.50 bits per heavy atom. The van der Waals surface area contributed by atoms with E-state index >= 15 is 0 Å². The zero-order valence-corrected chi connectivity index (χ0v) is 8.83. The van der Waals surface area contributed by atoms with Gasteiger partial charge in [-0.15, -0.1) is 0 Å². The fraction of sp³-hybridized carbons (Fsp3) is 0.273. The highest BCUT2D eigenvalue weighted by atomic mass is 16.5. The predicted octanol–water partition coefficient (Wildman–Crippen LogP) is 0.345. The molecule has 1 atom stereocenters. The normalized spacial score (nSPS) is 12.6. The summed E-state index contributed by atoms with van der Waals surface area (Å²) in [4.78, 5) is 15.0. The van der Waals surface area contributed by atoms with E-state index in [0.29, 0.717) is 0 Å². The fourth-order valence-electron chi connectivity index (χ4n) is 1.05. The Bertz CT molecular complexity index is 372. The van der Waals surface area contributed by atoms with Crippen molar-refractivity contribution in [3.05, 3.63) is 29.8 Å². The van der Waals surface area contributed by atoms with Crippen LogP contribution >= 0.6 is 0 Å². The summed E-state index contributed by atoms with van der Waals surface area (Å²) in [5.41, 5.74) is 0.722. The molecular formula is C11H13NO4. The van der Waals surface area contributed by atoms with E-state index in [1.54, 1.807) is 12.1 Å². The molecular weight excluding hydrogens is 210 g/mol. The van der Waals surface area contributed by atoms with Crippen LogP contribution in [0.1, 0.15) is 5.56 Å². The quantitative estimate of drug-likeness (QED) is 0.570. The third-order valence-electron chi connectivity index (χ3n) is 1.94. The van der Waals surface area contributed by atoms with Crippen LogP contribution in [-0.4, -0.2) is 42.2 Å². The number of aromatic hydroxyl groups is 1. The van der Waals surface area contributed by atoms with Gasteiger partial charge in [-0.1, -0.05) is 0 Å². The summed E-state index contributed by atoms with van der Waals surface area (Å²) in [6.45, 7) is -0.402. The van der Waals surface area contributed by atoms with Crippen molar-refractivity contribution in [3.8, 4) is 5.75 Å². The van der Waals surface area contributed by atoms with Gasteiger partial charge in [-0.25, -0.2) is 4.79 Å². The number of phenols is 1. The molecule has 5 heteroatoms. The average Bonchev–Trinajstić information content (AvgIpc) is 2.31. The maximum atomic E-state index is 11.1. The number of aliphatic hydroxyl groups is 1. The first-order valence-corrected chi connectivity index (χ1v) is 4.68. The van der Waals surface area contributed by atoms with Crippen LogP contribution in [0.15, 0.2) is 29.3 Å². The molecule has 2 N–H and O–H groups in total. The van der Waals surface area contributed by atoms with Crippen LogP contribution in [0.2, 0.25) is 0 Å². The zero-order valence-electron chi connectivity index (χ0n) is 8.83. The Balaban J connectivity index is 2.71. The molecule has 0 bridgehead atoms. The number of aliphatic hydroxyl groups excluding tert-OH is 1. The van der Waals surface area contributed by atoms with E-state index in [1.807, 2.05) is 0 Å². The Labute approximate surface area is 93.0 Å². The van der Waals surface area contributed by atoms with Gasteiger partial charge >= 0.3 is 5.97 Å². The molecule has 16 heavy (non-hydrogen) atoms. The highest BCUT2D eigenvalue weighted by Crippen LogP contribution is 2.08. The lowest BCUT2D eigenvalue weighted by atomic mass is 10.2. The first-order chi connectivity index (χ1) is 7.67. The summed E-state index contributed by atoms with van der Waals surface area (Å²) < 4.78 is 4.46. The first kappa shape index (κ1) is 12.2. The molecule has 1 aromatic carbocycles. The van der Waals surface area contributed by atoms with Crippen LogP contribution in [0.3, 0.4) is 0 Å². The van der Waals surface area contributed by atoms with Gasteiger partial charge in [0.05, 0.1) is 13.7 Å². The average molecular weight is 223 g/mol. The van der Waals surface area contributed by atoms with E-state index in [-0.39, 0.29) is 5.75 Å². The molecule has 0 aliphatic rings. The third kappa shape index (κ3) is 3.36. The fourth-order valence-corrected chi connectivity index (χ4v) is 1.05. The highest BCUT2D eigenvalue weighted by molar-refractivity contribution is 5.84. The van der Waals surface area contributed by atoms with Crippen molar-refractivity contribution in [2.24, 2.45) is 4.99 Å². The van der Waals surface area contributed by atoms with Gasteiger partial charge in [-0.3, -0.25) is 4.99 Å². The molecule has 0 aliphatic heterocycles. The molecule has 0 spiro atoms. The van der Waals surface area contributed by atoms with Crippen molar-refractivity contribution in [2.75, 3.05) is 13.7 Å². The van der Waals surface area contributed by atoms with Gasteiger partial charge in [0.25, 0.3) is 0 Å². The van der Waals surface area contributed by atoms with Gasteiger partial charge in [-0.05, 0) is 29.8 Å². The minimum atomic E-state index is -0.904. The largest absolute Gasteiger partial charge is 0.508 e. The number of methoxy groups -OCH3 is 1. The number of hydrogen-bond acceptors (Lipinski definition) is 5. The molecule has 86 valence electrons. The minimum absolute atomic E-state index is 0.156. The first-order valence-electron chi connectivity index (χ1n) is 4.68. The molecule has 0 aliphatic carbocycles. The molecule has 5 nitrogen and oxygen atoms in total. The molecule has 0 amide bonds. The van der Waals surface area contributed by atoms with Crippen molar-refractivity contribution < 1.29 is 19.7 Å². The van der Waals surface area contributed by atoms with Crippen molar-refractivity contribution in [1.82, 2.24) is 0 Å². The van der Waals surface area contributed by atoms with Gasteiger partial charge in [0.15, 0.2) is 6.04 Å². The molecule has 0 radical (unpaired) electrons. The number of benzene rings is 1. The lowest BCUT2D eigenvalue weighted by Gasteiger charge is -2.05. The molecule has 0 saturated carbocycles. The Morgan fingerprint density at radius 3 is 2.62 bits per heavy atom. The summed E-state index contributed by atoms with van der Waals surface area (Å²) in [6.07, 6.45) is 1.44. The van der Waals surface area contributed by atoms with Gasteiger partial charge < -0.3 is 14.9 Å². The lowest BCUT2D eigenvalue weighted by Crippen LogP contribution is -2.24. The second-order valence-electron chi connectivity index (χ2n) is 3.09. The van der Waals surface area contributed by atoms with Crippen LogP contribution in [0.25, 0.3) is 0 Å². The molecule has 1 aromatic rings. The van der Waals surface area contributed by atoms with Crippen LogP contribution < -0.4 is 0 Å². The van der Waals surface area contributed by atoms with E-state index in [0.717, 1.165) is 5.56 Å². The standard InChI is InChI=1S/C11H13NO4/c1-16-11(15)10(7-13)12-6-8-2-4-9(14)5-3-8/h2-6,10,13-14H,7H2,1H3. The number of nitrogens with zero attached hydrogens (tertiary/aromatic N) is 1. The number of ether oxygens (including phenoxy) is 1. The number of phenolic OH excluding ortho intramolecular Hbond substituents is 1. The van der Waals surface area contributed by atoms with E-state index in [4.69, 9.17) is 10.2 Å². The monoisotopic (exact) mass is 223 g/mol. The minimum Gasteiger partial charge on any atom is -0.508 e. The predicted molar refractivity (Wildman–Crippen MR) is 58.6 cm³/mol. The summed E-state index contributed by atoms with van der Waals surface area (Å²) >= 11 is 0. The van der Waals surface area contributed by atoms with E-state index in [9.17, 15) is 4.79 Å². The summed E-state index contributed by atoms with van der Waals surface area (Å²) in [5.74, 6) is -0.429. The smallest absolute Gasteiger partial charge is 0.332 e. The van der Waals surface area contributed by atoms with Gasteiger partial charge in [0, 0.05) is 6.21 Å². The van der Waals surface area contributed by atoms with E-state index < -0.39 is 18.6 Å². The maximum absolute atomic E-state index is 11.1. The molecule has 0 heterocycles. The second-order valence-corrected chi connectivity index (χ2v) is 3.09. The molecule has 1 unspecified atom stereocenters. The van der Waals surface area contributed by atoms with E-state index in [1.165, 1.54) is 25.5 Å². The van der Waals surface area contributed by atoms with Crippen LogP contribution in [0, 0.1) is 0 Å². The van der Waals surface area contributed by atoms with Crippen molar-refractivity contribution in [2.45, 2.75) is 6.04 Å². The van der Waals surface area contributed by atoms with Crippen LogP contribution in [0.4, 0.5) is 0 Å². The number of hydrogen-bond donors (Lipinski definition) is 2. The summed E-state index contributed by atoms with van der Waals surface area (Å²) in [5, 5.41) is 17.9. The number of aliphatic imine (C=N–C) groups is 1. The van der Waals surface area contributed by atoms with Gasteiger partial charge in [0.2, 0.25) is 0 Å². The Hall–Kier alpha value is -1.88. The van der Waals surface area contributed by atoms with Crippen molar-refractivity contribution in [1.29, 1.82) is 0 Å². The third-order valence-corrected chi connectivity index (χ3v) is 1.94. The Morgan fingerprint density at radius 2 is 2.12 bits per heavy atom. The second kappa shape index (κ2) is 5.87. The Kier molecular flexibility index (Phi) is 4.47. The molecule has 0 fully saturated rings. The van der Waals surface area contributed by atoms with E-state index in [2.05, 4.69) is 9.73 Å². The van der Waals surface area contributed by atoms with Crippen molar-refractivity contribution >= 4 is 12.2 Å². The van der Waals surface area contributed by atoms with Crippen molar-refractivity contribution in [3.63, 3.8) is 0 Å². The number of rotatable bonds is 4. The topological polar surface area (TPSA) is 79.1 Å². The van der Waals surface area contributed by atoms with Crippen LogP contribution in [-0.2, 0) is 9.53 Å². The highest BCUT2D eigenvalue weighted by Gasteiger charge is 2.15. The molecule has 1 rings (SSSR count). The summed E-state index contributed by atoms with van der Waals surface area (Å²) in [6, 6.07) is 5.40. The SMILES string of the molecule is COC(=O)C(CO)N=Cc1ccc(O)cc1. The summed E-state index contributed by atoms with van der Waals surface area (Å²) in [7, 11) is 1.24. The number of carbonyl (C=O) groups excluding carboxylic acids is 1. The number of carbonyl (C=O) groups is 1. The zero-order chi connectivity index (χ0) is 12.0. The van der Waals surface area contributed by atoms with Gasteiger partial charge in [-0.2, -0.15) is 0 Å². The number of esters is 1. The molecule has 0 saturated heterocycles. The van der Waals surface area contributed by atoms with Gasteiger partial charge in [0.1, 0.15) is 5.75 Å². The lowest BCUT2D eigenvalue weighted by molar-refractivity contribution is -0.142. The van der Waals surface area contributed by atoms with Crippen LogP contribution in [0.5, 0.6) is 5.75 Å².